The number of hydrogen-bond acceptors (Lipinski definition) is 5. The average Bonchev–Trinajstić information content (AvgIpc) is 3.16. The maximum absolute atomic E-state index is 13.2. The maximum Gasteiger partial charge on any atom is 0.407 e. The number of carbonyl (C=O) groups excluding carboxylic acids is 2. The highest BCUT2D eigenvalue weighted by atomic mass is 16.5. The molecule has 0 spiro atoms. The Morgan fingerprint density at radius 2 is 1.54 bits per heavy atom. The highest BCUT2D eigenvalue weighted by Gasteiger charge is 2.50. The van der Waals surface area contributed by atoms with Gasteiger partial charge in [-0.1, -0.05) is 55.0 Å². The molecule has 8 heteroatoms. The van der Waals surface area contributed by atoms with Crippen molar-refractivity contribution in [3.63, 3.8) is 0 Å². The molecule has 184 valence electrons. The Morgan fingerprint density at radius 3 is 2.09 bits per heavy atom. The van der Waals surface area contributed by atoms with Crippen LogP contribution in [0.25, 0.3) is 11.1 Å². The molecule has 2 aliphatic carbocycles. The zero-order chi connectivity index (χ0) is 24.5. The lowest BCUT2D eigenvalue weighted by Crippen LogP contribution is -2.63. The number of nitrogens with one attached hydrogen (secondary N) is 2. The molecular formula is C27H30N2O6. The molecular weight excluding hydrogens is 448 g/mol. The van der Waals surface area contributed by atoms with Crippen LogP contribution in [0.2, 0.25) is 0 Å². The number of aliphatic carboxylic acids is 1. The SMILES string of the molecule is O=C(NCC1(C(=O)NC2(C(=O)O)CCOCC2)CCC1)OCC1c2ccccc2-c2ccccc21. The molecule has 3 aliphatic rings. The van der Waals surface area contributed by atoms with Gasteiger partial charge in [-0.25, -0.2) is 9.59 Å². The topological polar surface area (TPSA) is 114 Å². The Kier molecular flexibility index (Phi) is 6.23. The van der Waals surface area contributed by atoms with Crippen LogP contribution in [0.4, 0.5) is 4.79 Å². The van der Waals surface area contributed by atoms with E-state index in [1.54, 1.807) is 0 Å². The predicted octanol–water partition coefficient (Wildman–Crippen LogP) is 3.45. The molecule has 2 amide bonds. The lowest BCUT2D eigenvalue weighted by atomic mass is 9.67. The van der Waals surface area contributed by atoms with Crippen molar-refractivity contribution in [2.45, 2.75) is 43.6 Å². The quantitative estimate of drug-likeness (QED) is 0.562. The third kappa shape index (κ3) is 4.27. The Morgan fingerprint density at radius 1 is 0.943 bits per heavy atom. The fourth-order valence-corrected chi connectivity index (χ4v) is 5.44. The summed E-state index contributed by atoms with van der Waals surface area (Å²) in [4.78, 5) is 37.7. The van der Waals surface area contributed by atoms with Crippen LogP contribution in [0, 0.1) is 5.41 Å². The van der Waals surface area contributed by atoms with Crippen molar-refractivity contribution in [3.05, 3.63) is 59.7 Å². The van der Waals surface area contributed by atoms with Gasteiger partial charge in [0.2, 0.25) is 5.91 Å². The van der Waals surface area contributed by atoms with Crippen LogP contribution in [0.15, 0.2) is 48.5 Å². The number of rotatable bonds is 7. The van der Waals surface area contributed by atoms with E-state index in [-0.39, 0.29) is 51.0 Å². The van der Waals surface area contributed by atoms with Crippen LogP contribution >= 0.6 is 0 Å². The van der Waals surface area contributed by atoms with E-state index in [1.807, 2.05) is 24.3 Å². The minimum absolute atomic E-state index is 0.0435. The molecule has 8 nitrogen and oxygen atoms in total. The summed E-state index contributed by atoms with van der Waals surface area (Å²) in [5, 5.41) is 15.3. The average molecular weight is 479 g/mol. The van der Waals surface area contributed by atoms with Gasteiger partial charge in [0.05, 0.1) is 5.41 Å². The summed E-state index contributed by atoms with van der Waals surface area (Å²) in [6, 6.07) is 16.3. The lowest BCUT2D eigenvalue weighted by Gasteiger charge is -2.43. The molecule has 2 fully saturated rings. The zero-order valence-electron chi connectivity index (χ0n) is 19.5. The molecule has 2 aromatic rings. The van der Waals surface area contributed by atoms with Crippen LogP contribution in [0.1, 0.15) is 49.1 Å². The second-order valence-corrected chi connectivity index (χ2v) is 9.77. The van der Waals surface area contributed by atoms with Crippen molar-refractivity contribution in [1.29, 1.82) is 0 Å². The minimum atomic E-state index is -1.32. The van der Waals surface area contributed by atoms with Crippen LogP contribution < -0.4 is 10.6 Å². The van der Waals surface area contributed by atoms with Crippen molar-refractivity contribution >= 4 is 18.0 Å². The summed E-state index contributed by atoms with van der Waals surface area (Å²) in [6.07, 6.45) is 1.91. The number of carbonyl (C=O) groups is 3. The van der Waals surface area contributed by atoms with Gasteiger partial charge < -0.3 is 25.2 Å². The predicted molar refractivity (Wildman–Crippen MR) is 128 cm³/mol. The first kappa shape index (κ1) is 23.4. The van der Waals surface area contributed by atoms with Crippen LogP contribution in [0.5, 0.6) is 0 Å². The van der Waals surface area contributed by atoms with Crippen molar-refractivity contribution in [1.82, 2.24) is 10.6 Å². The van der Waals surface area contributed by atoms with Gasteiger partial charge in [-0.2, -0.15) is 0 Å². The molecule has 1 aliphatic heterocycles. The Bertz CT molecular complexity index is 1090. The Labute approximate surface area is 204 Å². The van der Waals surface area contributed by atoms with E-state index in [2.05, 4.69) is 34.9 Å². The number of fused-ring (bicyclic) bond motifs is 3. The van der Waals surface area contributed by atoms with Gasteiger partial charge in [-0.05, 0) is 35.1 Å². The second kappa shape index (κ2) is 9.34. The normalized spacial score (nSPS) is 19.5. The van der Waals surface area contributed by atoms with Gasteiger partial charge in [0.15, 0.2) is 0 Å². The Hall–Kier alpha value is -3.39. The number of hydrogen-bond donors (Lipinski definition) is 3. The van der Waals surface area contributed by atoms with E-state index in [4.69, 9.17) is 9.47 Å². The molecule has 1 saturated carbocycles. The highest BCUT2D eigenvalue weighted by molar-refractivity contribution is 5.91. The minimum Gasteiger partial charge on any atom is -0.480 e. The smallest absolute Gasteiger partial charge is 0.407 e. The van der Waals surface area contributed by atoms with E-state index < -0.39 is 23.0 Å². The summed E-state index contributed by atoms with van der Waals surface area (Å²) >= 11 is 0. The van der Waals surface area contributed by atoms with Crippen molar-refractivity contribution < 1.29 is 29.0 Å². The summed E-state index contributed by atoms with van der Waals surface area (Å²) in [5.74, 6) is -1.42. The van der Waals surface area contributed by atoms with Crippen LogP contribution in [0.3, 0.4) is 0 Å². The van der Waals surface area contributed by atoms with Gasteiger partial charge in [0.25, 0.3) is 0 Å². The van der Waals surface area contributed by atoms with Crippen molar-refractivity contribution in [3.8, 4) is 11.1 Å². The third-order valence-corrected chi connectivity index (χ3v) is 7.82. The molecule has 3 N–H and O–H groups in total. The number of alkyl carbamates (subject to hydrolysis) is 1. The molecule has 35 heavy (non-hydrogen) atoms. The number of carboxylic acid groups (broad SMARTS) is 1. The summed E-state index contributed by atoms with van der Waals surface area (Å²) < 4.78 is 10.9. The van der Waals surface area contributed by atoms with Gasteiger partial charge in [0.1, 0.15) is 12.1 Å². The van der Waals surface area contributed by atoms with E-state index in [1.165, 1.54) is 0 Å². The van der Waals surface area contributed by atoms with Gasteiger partial charge in [-0.15, -0.1) is 0 Å². The van der Waals surface area contributed by atoms with Crippen molar-refractivity contribution in [2.75, 3.05) is 26.4 Å². The summed E-state index contributed by atoms with van der Waals surface area (Å²) in [5.41, 5.74) is 2.44. The molecule has 0 radical (unpaired) electrons. The number of carboxylic acids is 1. The molecule has 0 bridgehead atoms. The fourth-order valence-electron chi connectivity index (χ4n) is 5.44. The first-order valence-corrected chi connectivity index (χ1v) is 12.2. The van der Waals surface area contributed by atoms with Gasteiger partial charge >= 0.3 is 12.1 Å². The molecule has 0 unspecified atom stereocenters. The molecule has 1 heterocycles. The standard InChI is InChI=1S/C27H30N2O6/c30-23(29-27(24(31)32)12-14-34-15-13-27)26(10-5-11-26)17-28-25(33)35-16-22-20-8-3-1-6-18(20)19-7-2-4-9-21(19)22/h1-4,6-9,22H,5,10-17H2,(H,28,33)(H,29,30)(H,31,32). The number of ether oxygens (including phenoxy) is 2. The number of benzene rings is 2. The van der Waals surface area contributed by atoms with E-state index >= 15 is 0 Å². The second-order valence-electron chi connectivity index (χ2n) is 9.77. The molecule has 0 atom stereocenters. The first-order valence-electron chi connectivity index (χ1n) is 12.2. The molecule has 5 rings (SSSR count). The van der Waals surface area contributed by atoms with Crippen LogP contribution in [-0.4, -0.2) is 55.0 Å². The zero-order valence-corrected chi connectivity index (χ0v) is 19.5. The third-order valence-electron chi connectivity index (χ3n) is 7.82. The van der Waals surface area contributed by atoms with E-state index in [9.17, 15) is 19.5 Å². The fraction of sp³-hybridized carbons (Fsp3) is 0.444. The maximum atomic E-state index is 13.2. The Balaban J connectivity index is 1.20. The summed E-state index contributed by atoms with van der Waals surface area (Å²) in [7, 11) is 0. The highest BCUT2D eigenvalue weighted by Crippen LogP contribution is 2.45. The van der Waals surface area contributed by atoms with Crippen molar-refractivity contribution in [2.24, 2.45) is 5.41 Å². The lowest BCUT2D eigenvalue weighted by molar-refractivity contribution is -0.155. The van der Waals surface area contributed by atoms with Gasteiger partial charge in [0, 0.05) is 38.5 Å². The molecule has 1 saturated heterocycles. The van der Waals surface area contributed by atoms with Crippen LogP contribution in [-0.2, 0) is 19.1 Å². The molecule has 0 aromatic heterocycles. The van der Waals surface area contributed by atoms with E-state index in [0.717, 1.165) is 28.7 Å². The summed E-state index contributed by atoms with van der Waals surface area (Å²) in [6.45, 7) is 0.887. The first-order chi connectivity index (χ1) is 16.9. The molecule has 2 aromatic carbocycles. The largest absolute Gasteiger partial charge is 0.480 e. The van der Waals surface area contributed by atoms with E-state index in [0.29, 0.717) is 12.8 Å². The van der Waals surface area contributed by atoms with Gasteiger partial charge in [-0.3, -0.25) is 4.79 Å². The monoisotopic (exact) mass is 478 g/mol. The number of amides is 2.